The number of esters is 2. The predicted octanol–water partition coefficient (Wildman–Crippen LogP) is 3.81. The van der Waals surface area contributed by atoms with Gasteiger partial charge in [0.1, 0.15) is 6.04 Å². The van der Waals surface area contributed by atoms with E-state index in [-0.39, 0.29) is 28.3 Å². The van der Waals surface area contributed by atoms with Gasteiger partial charge >= 0.3 is 11.9 Å². The van der Waals surface area contributed by atoms with Gasteiger partial charge in [0.2, 0.25) is 5.91 Å². The molecular weight excluding hydrogens is 459 g/mol. The number of ether oxygens (including phenoxy) is 2. The van der Waals surface area contributed by atoms with Gasteiger partial charge in [0.15, 0.2) is 0 Å². The number of benzene rings is 2. The molecular formula is C22H20Cl2N2O6. The Morgan fingerprint density at radius 1 is 0.875 bits per heavy atom. The van der Waals surface area contributed by atoms with Crippen LogP contribution in [0.25, 0.3) is 0 Å². The smallest absolute Gasteiger partial charge is 0.337 e. The third kappa shape index (κ3) is 5.20. The average Bonchev–Trinajstić information content (AvgIpc) is 3.26. The van der Waals surface area contributed by atoms with Crippen molar-refractivity contribution < 1.29 is 28.7 Å². The molecule has 2 aromatic carbocycles. The standard InChI is InChI=1S/C22H20Cl2N2O6/c1-31-21(29)13-6-14(22(30)32-2)10-17(9-13)25-19(27)18-4-3-5-26(18)20(28)12-7-15(23)11-16(24)8-12/h6-11,18H,3-5H2,1-2H3,(H,25,27). The minimum Gasteiger partial charge on any atom is -0.465 e. The van der Waals surface area contributed by atoms with E-state index >= 15 is 0 Å². The van der Waals surface area contributed by atoms with E-state index in [4.69, 9.17) is 32.7 Å². The van der Waals surface area contributed by atoms with Gasteiger partial charge in [-0.2, -0.15) is 0 Å². The molecule has 2 amide bonds. The van der Waals surface area contributed by atoms with Crippen LogP contribution in [0.4, 0.5) is 5.69 Å². The number of nitrogens with one attached hydrogen (secondary N) is 1. The molecule has 3 rings (SSSR count). The van der Waals surface area contributed by atoms with Crippen LogP contribution in [0.15, 0.2) is 36.4 Å². The monoisotopic (exact) mass is 478 g/mol. The van der Waals surface area contributed by atoms with Crippen LogP contribution in [0, 0.1) is 0 Å². The number of carbonyl (C=O) groups excluding carboxylic acids is 4. The van der Waals surface area contributed by atoms with E-state index in [0.29, 0.717) is 29.4 Å². The number of carbonyl (C=O) groups is 4. The maximum absolute atomic E-state index is 13.0. The molecule has 2 aromatic rings. The summed E-state index contributed by atoms with van der Waals surface area (Å²) in [6.45, 7) is 0.386. The molecule has 1 saturated heterocycles. The zero-order valence-corrected chi connectivity index (χ0v) is 18.8. The first-order valence-electron chi connectivity index (χ1n) is 9.63. The number of rotatable bonds is 5. The van der Waals surface area contributed by atoms with Crippen molar-refractivity contribution in [1.82, 2.24) is 4.90 Å². The third-order valence-electron chi connectivity index (χ3n) is 4.97. The summed E-state index contributed by atoms with van der Waals surface area (Å²) >= 11 is 12.0. The number of hydrogen-bond acceptors (Lipinski definition) is 6. The lowest BCUT2D eigenvalue weighted by atomic mass is 10.1. The zero-order chi connectivity index (χ0) is 23.4. The molecule has 32 heavy (non-hydrogen) atoms. The second-order valence-electron chi connectivity index (χ2n) is 7.09. The summed E-state index contributed by atoms with van der Waals surface area (Å²) in [7, 11) is 2.41. The molecule has 1 fully saturated rings. The molecule has 0 bridgehead atoms. The van der Waals surface area contributed by atoms with Crippen molar-refractivity contribution in [2.24, 2.45) is 0 Å². The molecule has 1 N–H and O–H groups in total. The van der Waals surface area contributed by atoms with Gasteiger partial charge in [-0.25, -0.2) is 9.59 Å². The molecule has 0 spiro atoms. The fourth-order valence-corrected chi connectivity index (χ4v) is 4.05. The van der Waals surface area contributed by atoms with Gasteiger partial charge in [0.05, 0.1) is 25.3 Å². The van der Waals surface area contributed by atoms with Crippen LogP contribution in [0.2, 0.25) is 10.0 Å². The Morgan fingerprint density at radius 2 is 1.44 bits per heavy atom. The normalized spacial score (nSPS) is 15.2. The van der Waals surface area contributed by atoms with E-state index in [1.54, 1.807) is 0 Å². The molecule has 1 heterocycles. The van der Waals surface area contributed by atoms with E-state index < -0.39 is 23.9 Å². The molecule has 8 nitrogen and oxygen atoms in total. The van der Waals surface area contributed by atoms with E-state index in [1.807, 2.05) is 0 Å². The van der Waals surface area contributed by atoms with Crippen molar-refractivity contribution in [2.45, 2.75) is 18.9 Å². The highest BCUT2D eigenvalue weighted by atomic mass is 35.5. The first kappa shape index (κ1) is 23.6. The fourth-order valence-electron chi connectivity index (χ4n) is 3.52. The third-order valence-corrected chi connectivity index (χ3v) is 5.40. The minimum absolute atomic E-state index is 0.0682. The lowest BCUT2D eigenvalue weighted by Crippen LogP contribution is -2.43. The molecule has 1 atom stereocenters. The van der Waals surface area contributed by atoms with Crippen LogP contribution < -0.4 is 5.32 Å². The molecule has 1 aliphatic rings. The molecule has 0 aliphatic carbocycles. The highest BCUT2D eigenvalue weighted by Crippen LogP contribution is 2.26. The van der Waals surface area contributed by atoms with E-state index in [0.717, 1.165) is 0 Å². The highest BCUT2D eigenvalue weighted by molar-refractivity contribution is 6.35. The Bertz CT molecular complexity index is 1030. The van der Waals surface area contributed by atoms with Crippen molar-refractivity contribution in [3.63, 3.8) is 0 Å². The second-order valence-corrected chi connectivity index (χ2v) is 7.96. The summed E-state index contributed by atoms with van der Waals surface area (Å²) in [5, 5.41) is 3.31. The van der Waals surface area contributed by atoms with Gasteiger partial charge in [-0.1, -0.05) is 23.2 Å². The average molecular weight is 479 g/mol. The van der Waals surface area contributed by atoms with Crippen LogP contribution in [0.5, 0.6) is 0 Å². The van der Waals surface area contributed by atoms with Crippen molar-refractivity contribution in [3.8, 4) is 0 Å². The summed E-state index contributed by atoms with van der Waals surface area (Å²) in [6, 6.07) is 7.82. The molecule has 10 heteroatoms. The molecule has 168 valence electrons. The van der Waals surface area contributed by atoms with Gasteiger partial charge in [-0.05, 0) is 49.2 Å². The number of halogens is 2. The van der Waals surface area contributed by atoms with Gasteiger partial charge < -0.3 is 19.7 Å². The summed E-state index contributed by atoms with van der Waals surface area (Å²) in [4.78, 5) is 51.4. The van der Waals surface area contributed by atoms with Gasteiger partial charge in [-0.15, -0.1) is 0 Å². The van der Waals surface area contributed by atoms with Crippen molar-refractivity contribution in [2.75, 3.05) is 26.1 Å². The number of likely N-dealkylation sites (tertiary alicyclic amines) is 1. The second kappa shape index (κ2) is 10.0. The van der Waals surface area contributed by atoms with Crippen LogP contribution in [0.3, 0.4) is 0 Å². The quantitative estimate of drug-likeness (QED) is 0.655. The first-order valence-corrected chi connectivity index (χ1v) is 10.4. The SMILES string of the molecule is COC(=O)c1cc(NC(=O)C2CCCN2C(=O)c2cc(Cl)cc(Cl)c2)cc(C(=O)OC)c1. The number of nitrogens with zero attached hydrogens (tertiary/aromatic N) is 1. The number of anilines is 1. The Balaban J connectivity index is 1.84. The Morgan fingerprint density at radius 3 is 1.97 bits per heavy atom. The predicted molar refractivity (Wildman–Crippen MR) is 118 cm³/mol. The van der Waals surface area contributed by atoms with Gasteiger partial charge in [0.25, 0.3) is 5.91 Å². The van der Waals surface area contributed by atoms with E-state index in [1.165, 1.54) is 55.5 Å². The largest absolute Gasteiger partial charge is 0.465 e. The van der Waals surface area contributed by atoms with E-state index in [9.17, 15) is 19.2 Å². The van der Waals surface area contributed by atoms with Gasteiger partial charge in [-0.3, -0.25) is 9.59 Å². The van der Waals surface area contributed by atoms with Crippen molar-refractivity contribution in [3.05, 3.63) is 63.1 Å². The minimum atomic E-state index is -0.747. The summed E-state index contributed by atoms with van der Waals surface area (Å²) in [5.74, 6) is -2.18. The first-order chi connectivity index (χ1) is 15.2. The molecule has 0 aromatic heterocycles. The molecule has 1 aliphatic heterocycles. The summed E-state index contributed by atoms with van der Waals surface area (Å²) in [5.41, 5.74) is 0.614. The van der Waals surface area contributed by atoms with Crippen LogP contribution in [-0.4, -0.2) is 55.5 Å². The number of amides is 2. The Hall–Kier alpha value is -3.10. The highest BCUT2D eigenvalue weighted by Gasteiger charge is 2.35. The molecule has 0 saturated carbocycles. The number of methoxy groups -OCH3 is 2. The topological polar surface area (TPSA) is 102 Å². The molecule has 0 radical (unpaired) electrons. The Kier molecular flexibility index (Phi) is 7.37. The van der Waals surface area contributed by atoms with E-state index in [2.05, 4.69) is 5.32 Å². The lowest BCUT2D eigenvalue weighted by molar-refractivity contribution is -0.119. The maximum atomic E-state index is 13.0. The van der Waals surface area contributed by atoms with Crippen molar-refractivity contribution in [1.29, 1.82) is 0 Å². The zero-order valence-electron chi connectivity index (χ0n) is 17.3. The summed E-state index contributed by atoms with van der Waals surface area (Å²) < 4.78 is 9.41. The van der Waals surface area contributed by atoms with Crippen LogP contribution in [-0.2, 0) is 14.3 Å². The summed E-state index contributed by atoms with van der Waals surface area (Å²) in [6.07, 6.45) is 1.08. The number of hydrogen-bond donors (Lipinski definition) is 1. The van der Waals surface area contributed by atoms with Crippen molar-refractivity contribution >= 4 is 52.6 Å². The lowest BCUT2D eigenvalue weighted by Gasteiger charge is -2.24. The molecule has 1 unspecified atom stereocenters. The van der Waals surface area contributed by atoms with Crippen LogP contribution >= 0.6 is 23.2 Å². The maximum Gasteiger partial charge on any atom is 0.337 e. The van der Waals surface area contributed by atoms with Gasteiger partial charge in [0, 0.05) is 27.8 Å². The van der Waals surface area contributed by atoms with Crippen LogP contribution in [0.1, 0.15) is 43.9 Å². The Labute approximate surface area is 194 Å². The fraction of sp³-hybridized carbons (Fsp3) is 0.273.